The van der Waals surface area contributed by atoms with Gasteiger partial charge in [-0.1, -0.05) is 36.1 Å². The second-order valence-corrected chi connectivity index (χ2v) is 4.67. The third-order valence-electron chi connectivity index (χ3n) is 2.14. The lowest BCUT2D eigenvalue weighted by Crippen LogP contribution is -2.22. The number of hydrogen-bond acceptors (Lipinski definition) is 3. The van der Waals surface area contributed by atoms with E-state index < -0.39 is 0 Å². The molecule has 0 aromatic heterocycles. The van der Waals surface area contributed by atoms with Crippen molar-refractivity contribution in [2.75, 3.05) is 24.3 Å². The molecule has 1 aromatic rings. The first-order valence-electron chi connectivity index (χ1n) is 4.40. The molecular weight excluding hydrogens is 214 g/mol. The highest BCUT2D eigenvalue weighted by atomic mass is 32.2. The Morgan fingerprint density at radius 3 is 2.86 bits per heavy atom. The molecule has 1 aliphatic rings. The van der Waals surface area contributed by atoms with E-state index in [1.807, 2.05) is 24.3 Å². The molecule has 0 aliphatic carbocycles. The van der Waals surface area contributed by atoms with E-state index in [-0.39, 0.29) is 0 Å². The molecule has 0 N–H and O–H groups in total. The summed E-state index contributed by atoms with van der Waals surface area (Å²) in [6.45, 7) is 0.976. The van der Waals surface area contributed by atoms with Gasteiger partial charge in [-0.2, -0.15) is 0 Å². The van der Waals surface area contributed by atoms with Crippen molar-refractivity contribution in [3.63, 3.8) is 0 Å². The van der Waals surface area contributed by atoms with Crippen molar-refractivity contribution in [3.8, 4) is 5.75 Å². The lowest BCUT2D eigenvalue weighted by atomic mass is 10.2. The van der Waals surface area contributed by atoms with Crippen LogP contribution < -0.4 is 9.64 Å². The van der Waals surface area contributed by atoms with Crippen molar-refractivity contribution in [2.45, 2.75) is 0 Å². The summed E-state index contributed by atoms with van der Waals surface area (Å²) >= 11 is 6.98. The highest BCUT2D eigenvalue weighted by Crippen LogP contribution is 2.32. The molecule has 0 unspecified atom stereocenters. The van der Waals surface area contributed by atoms with E-state index in [9.17, 15) is 0 Å². The average Bonchev–Trinajstić information content (AvgIpc) is 2.64. The molecule has 1 aromatic carbocycles. The number of ether oxygens (including phenoxy) is 1. The molecule has 1 saturated heterocycles. The Morgan fingerprint density at radius 2 is 2.21 bits per heavy atom. The molecule has 4 heteroatoms. The lowest BCUT2D eigenvalue weighted by Gasteiger charge is -2.19. The maximum absolute atomic E-state index is 5.30. The third kappa shape index (κ3) is 1.72. The second-order valence-electron chi connectivity index (χ2n) is 2.94. The number of anilines is 1. The molecule has 14 heavy (non-hydrogen) atoms. The van der Waals surface area contributed by atoms with Crippen LogP contribution in [0.2, 0.25) is 0 Å². The maximum Gasteiger partial charge on any atom is 0.142 e. The predicted octanol–water partition coefficient (Wildman–Crippen LogP) is 2.53. The fourth-order valence-corrected chi connectivity index (χ4v) is 2.70. The van der Waals surface area contributed by atoms with E-state index in [1.54, 1.807) is 18.9 Å². The fourth-order valence-electron chi connectivity index (χ4n) is 1.47. The minimum absolute atomic E-state index is 0.886. The predicted molar refractivity (Wildman–Crippen MR) is 65.4 cm³/mol. The topological polar surface area (TPSA) is 12.5 Å². The number of benzene rings is 1. The number of hydrogen-bond donors (Lipinski definition) is 0. The van der Waals surface area contributed by atoms with Crippen LogP contribution in [0.25, 0.3) is 0 Å². The van der Waals surface area contributed by atoms with Gasteiger partial charge in [0.15, 0.2) is 0 Å². The summed E-state index contributed by atoms with van der Waals surface area (Å²) in [5, 5.41) is 0. The minimum atomic E-state index is 0.886. The Hall–Kier alpha value is -0.740. The molecule has 0 spiro atoms. The van der Waals surface area contributed by atoms with Crippen LogP contribution in [0.15, 0.2) is 24.3 Å². The zero-order valence-electron chi connectivity index (χ0n) is 7.90. The van der Waals surface area contributed by atoms with Gasteiger partial charge in [0.2, 0.25) is 0 Å². The van der Waals surface area contributed by atoms with Crippen molar-refractivity contribution in [1.82, 2.24) is 0 Å². The van der Waals surface area contributed by atoms with E-state index in [0.29, 0.717) is 0 Å². The molecule has 0 radical (unpaired) electrons. The SMILES string of the molecule is COc1ccccc1N1CCSC1=S. The average molecular weight is 225 g/mol. The van der Waals surface area contributed by atoms with Crippen molar-refractivity contribution in [3.05, 3.63) is 24.3 Å². The zero-order valence-corrected chi connectivity index (χ0v) is 9.53. The molecule has 0 atom stereocenters. The van der Waals surface area contributed by atoms with Gasteiger partial charge in [0.25, 0.3) is 0 Å². The smallest absolute Gasteiger partial charge is 0.142 e. The first-order valence-corrected chi connectivity index (χ1v) is 5.79. The van der Waals surface area contributed by atoms with E-state index in [2.05, 4.69) is 4.90 Å². The first-order chi connectivity index (χ1) is 6.83. The van der Waals surface area contributed by atoms with Gasteiger partial charge in [-0.25, -0.2) is 0 Å². The number of methoxy groups -OCH3 is 1. The van der Waals surface area contributed by atoms with Gasteiger partial charge in [0.05, 0.1) is 12.8 Å². The van der Waals surface area contributed by atoms with Gasteiger partial charge in [-0.3, -0.25) is 0 Å². The van der Waals surface area contributed by atoms with E-state index >= 15 is 0 Å². The Kier molecular flexibility index (Phi) is 2.93. The van der Waals surface area contributed by atoms with Crippen LogP contribution in [0.1, 0.15) is 0 Å². The quantitative estimate of drug-likeness (QED) is 0.717. The number of rotatable bonds is 2. The summed E-state index contributed by atoms with van der Waals surface area (Å²) < 4.78 is 6.23. The zero-order chi connectivity index (χ0) is 9.97. The van der Waals surface area contributed by atoms with Gasteiger partial charge in [-0.05, 0) is 12.1 Å². The molecule has 74 valence electrons. The number of nitrogens with zero attached hydrogens (tertiary/aromatic N) is 1. The van der Waals surface area contributed by atoms with Crippen LogP contribution in [-0.2, 0) is 0 Å². The van der Waals surface area contributed by atoms with Crippen LogP contribution in [-0.4, -0.2) is 23.7 Å². The van der Waals surface area contributed by atoms with Crippen molar-refractivity contribution < 1.29 is 4.74 Å². The molecule has 1 heterocycles. The van der Waals surface area contributed by atoms with E-state index in [0.717, 1.165) is 28.1 Å². The van der Waals surface area contributed by atoms with Crippen molar-refractivity contribution >= 4 is 34.0 Å². The first kappa shape index (κ1) is 9.80. The largest absolute Gasteiger partial charge is 0.495 e. The van der Waals surface area contributed by atoms with Gasteiger partial charge in [0.1, 0.15) is 10.1 Å². The van der Waals surface area contributed by atoms with Crippen LogP contribution >= 0.6 is 24.0 Å². The molecule has 2 rings (SSSR count). The Bertz CT molecular complexity index is 354. The molecule has 2 nitrogen and oxygen atoms in total. The normalized spacial score (nSPS) is 16.1. The van der Waals surface area contributed by atoms with Gasteiger partial charge in [0, 0.05) is 12.3 Å². The number of thiocarbonyl (C=S) groups is 1. The van der Waals surface area contributed by atoms with Crippen LogP contribution in [0, 0.1) is 0 Å². The molecule has 1 aliphatic heterocycles. The lowest BCUT2D eigenvalue weighted by molar-refractivity contribution is 0.415. The summed E-state index contributed by atoms with van der Waals surface area (Å²) in [4.78, 5) is 2.12. The monoisotopic (exact) mass is 225 g/mol. The van der Waals surface area contributed by atoms with Crippen LogP contribution in [0.3, 0.4) is 0 Å². The van der Waals surface area contributed by atoms with Crippen molar-refractivity contribution in [2.24, 2.45) is 0 Å². The number of thioether (sulfide) groups is 1. The van der Waals surface area contributed by atoms with Gasteiger partial charge < -0.3 is 9.64 Å². The molecule has 0 amide bonds. The summed E-state index contributed by atoms with van der Waals surface area (Å²) in [6, 6.07) is 7.97. The summed E-state index contributed by atoms with van der Waals surface area (Å²) in [5.74, 6) is 1.95. The molecule has 0 bridgehead atoms. The summed E-state index contributed by atoms with van der Waals surface area (Å²) in [6.07, 6.45) is 0. The highest BCUT2D eigenvalue weighted by molar-refractivity contribution is 8.23. The van der Waals surface area contributed by atoms with E-state index in [1.165, 1.54) is 0 Å². The number of para-hydroxylation sites is 2. The molecule has 1 fully saturated rings. The fraction of sp³-hybridized carbons (Fsp3) is 0.300. The molecular formula is C10H11NOS2. The second kappa shape index (κ2) is 4.19. The van der Waals surface area contributed by atoms with Gasteiger partial charge in [-0.15, -0.1) is 0 Å². The summed E-state index contributed by atoms with van der Waals surface area (Å²) in [5.41, 5.74) is 1.07. The molecule has 0 saturated carbocycles. The Morgan fingerprint density at radius 1 is 1.43 bits per heavy atom. The van der Waals surface area contributed by atoms with Crippen LogP contribution in [0.5, 0.6) is 5.75 Å². The standard InChI is InChI=1S/C10H11NOS2/c1-12-9-5-3-2-4-8(9)11-6-7-14-10(11)13/h2-5H,6-7H2,1H3. The Labute approximate surface area is 93.2 Å². The minimum Gasteiger partial charge on any atom is -0.495 e. The van der Waals surface area contributed by atoms with Crippen molar-refractivity contribution in [1.29, 1.82) is 0 Å². The summed E-state index contributed by atoms with van der Waals surface area (Å²) in [7, 11) is 1.69. The highest BCUT2D eigenvalue weighted by Gasteiger charge is 2.21. The van der Waals surface area contributed by atoms with Gasteiger partial charge >= 0.3 is 0 Å². The third-order valence-corrected chi connectivity index (χ3v) is 3.56. The Balaban J connectivity index is 2.35. The maximum atomic E-state index is 5.30. The van der Waals surface area contributed by atoms with E-state index in [4.69, 9.17) is 17.0 Å². The van der Waals surface area contributed by atoms with Crippen LogP contribution in [0.4, 0.5) is 5.69 Å².